The van der Waals surface area contributed by atoms with Gasteiger partial charge in [-0.15, -0.1) is 0 Å². The van der Waals surface area contributed by atoms with Crippen LogP contribution in [0.3, 0.4) is 0 Å². The van der Waals surface area contributed by atoms with E-state index in [1.807, 2.05) is 6.92 Å². The van der Waals surface area contributed by atoms with Crippen molar-refractivity contribution in [3.63, 3.8) is 0 Å². The summed E-state index contributed by atoms with van der Waals surface area (Å²) in [5.74, 6) is -2.33. The minimum absolute atomic E-state index is 0.00884. The topological polar surface area (TPSA) is 79.9 Å². The molecule has 3 aromatic heterocycles. The first-order valence-corrected chi connectivity index (χ1v) is 18.8. The van der Waals surface area contributed by atoms with Crippen molar-refractivity contribution in [3.05, 3.63) is 59.5 Å². The second-order valence-electron chi connectivity index (χ2n) is 12.6. The van der Waals surface area contributed by atoms with Gasteiger partial charge in [0, 0.05) is 39.3 Å². The van der Waals surface area contributed by atoms with Gasteiger partial charge in [0.2, 0.25) is 5.92 Å². The summed E-state index contributed by atoms with van der Waals surface area (Å²) in [5.41, 5.74) is 2.92. The number of imidazole rings is 1. The van der Waals surface area contributed by atoms with Gasteiger partial charge in [0.15, 0.2) is 11.6 Å². The van der Waals surface area contributed by atoms with E-state index in [-0.39, 0.29) is 42.1 Å². The molecule has 0 radical (unpaired) electrons. The van der Waals surface area contributed by atoms with Crippen LogP contribution in [0, 0.1) is 12.7 Å². The van der Waals surface area contributed by atoms with E-state index in [4.69, 9.17) is 26.1 Å². The van der Waals surface area contributed by atoms with Crippen molar-refractivity contribution in [2.45, 2.75) is 77.0 Å². The summed E-state index contributed by atoms with van der Waals surface area (Å²) in [7, 11) is -1.26. The van der Waals surface area contributed by atoms with Gasteiger partial charge in [0.25, 0.3) is 0 Å². The van der Waals surface area contributed by atoms with Crippen molar-refractivity contribution in [3.8, 4) is 22.8 Å². The lowest BCUT2D eigenvalue weighted by Gasteiger charge is -2.28. The maximum atomic E-state index is 15.9. The van der Waals surface area contributed by atoms with E-state index in [1.165, 1.54) is 6.07 Å². The maximum Gasteiger partial charge on any atom is 0.248 e. The zero-order valence-electron chi connectivity index (χ0n) is 25.1. The Hall–Kier alpha value is -3.48. The van der Waals surface area contributed by atoms with Crippen LogP contribution in [0.5, 0.6) is 11.5 Å². The van der Waals surface area contributed by atoms with Crippen LogP contribution in [0.2, 0.25) is 30.7 Å². The third kappa shape index (κ3) is 6.33. The highest BCUT2D eigenvalue weighted by Crippen LogP contribution is 2.40. The normalized spacial score (nSPS) is 15.8. The quantitative estimate of drug-likeness (QED) is 0.118. The smallest absolute Gasteiger partial charge is 0.248 e. The molecule has 232 valence electrons. The van der Waals surface area contributed by atoms with Crippen molar-refractivity contribution < 1.29 is 22.6 Å². The first-order chi connectivity index (χ1) is 20.9. The Morgan fingerprint density at radius 2 is 1.75 bits per heavy atom. The summed E-state index contributed by atoms with van der Waals surface area (Å²) in [4.78, 5) is 13.7. The summed E-state index contributed by atoms with van der Waals surface area (Å²) < 4.78 is 58.5. The average molecular weight is 643 g/mol. The van der Waals surface area contributed by atoms with Crippen molar-refractivity contribution >= 4 is 41.7 Å². The van der Waals surface area contributed by atoms with Crippen LogP contribution in [-0.2, 0) is 11.5 Å². The van der Waals surface area contributed by atoms with E-state index in [0.29, 0.717) is 58.6 Å². The number of rotatable bonds is 9. The molecule has 3 heterocycles. The summed E-state index contributed by atoms with van der Waals surface area (Å²) >= 11 is 6.76. The number of fused-ring (bicyclic) bond motifs is 2. The predicted octanol–water partition coefficient (Wildman–Crippen LogP) is 8.80. The molecule has 0 saturated heterocycles. The Bertz CT molecular complexity index is 1830. The van der Waals surface area contributed by atoms with E-state index in [1.54, 1.807) is 46.0 Å². The number of benzene rings is 2. The average Bonchev–Trinajstić information content (AvgIpc) is 3.58. The third-order valence-corrected chi connectivity index (χ3v) is 10.1. The molecule has 13 heteroatoms. The van der Waals surface area contributed by atoms with Crippen LogP contribution in [0.15, 0.2) is 42.9 Å². The van der Waals surface area contributed by atoms with Gasteiger partial charge in [-0.05, 0) is 50.1 Å². The predicted molar refractivity (Wildman–Crippen MR) is 167 cm³/mol. The van der Waals surface area contributed by atoms with Crippen LogP contribution in [0.25, 0.3) is 33.3 Å². The highest BCUT2D eigenvalue weighted by atomic mass is 35.5. The number of halogens is 4. The number of ether oxygens (including phenoxy) is 2. The van der Waals surface area contributed by atoms with Crippen LogP contribution >= 0.6 is 11.6 Å². The molecule has 0 N–H and O–H groups in total. The third-order valence-electron chi connectivity index (χ3n) is 8.01. The van der Waals surface area contributed by atoms with Gasteiger partial charge in [0.05, 0.1) is 35.2 Å². The molecule has 1 aliphatic rings. The van der Waals surface area contributed by atoms with Crippen LogP contribution < -0.4 is 4.74 Å². The van der Waals surface area contributed by atoms with Gasteiger partial charge < -0.3 is 14.0 Å². The second-order valence-corrected chi connectivity index (χ2v) is 18.6. The first-order valence-electron chi connectivity index (χ1n) is 14.7. The Labute approximate surface area is 259 Å². The summed E-state index contributed by atoms with van der Waals surface area (Å²) in [6.45, 7) is 9.44. The van der Waals surface area contributed by atoms with Crippen molar-refractivity contribution in [1.82, 2.24) is 29.3 Å². The molecule has 0 aliphatic heterocycles. The molecular weight excluding hydrogens is 609 g/mol. The molecular formula is C31H34ClF3N6O2Si. The standard InChI is InChI=1S/C31H34ClF3N6O2Si/c1-19-38-23-6-8-26(28(33)30(23)40(19)18-42-13-14-44(2,3)4)43-25-7-5-22-29(27(25)32)39-24(16-36-22)20-15-37-41(17-20)21-9-11-31(34,35)12-10-21/h5-8,15-17,21H,9-14,18H2,1-4H3. The molecule has 1 fully saturated rings. The molecule has 2 aromatic carbocycles. The molecule has 6 rings (SSSR count). The van der Waals surface area contributed by atoms with Crippen LogP contribution in [0.1, 0.15) is 37.5 Å². The number of hydrogen-bond donors (Lipinski definition) is 0. The first kappa shape index (κ1) is 30.5. The highest BCUT2D eigenvalue weighted by molar-refractivity contribution is 6.76. The molecule has 8 nitrogen and oxygen atoms in total. The monoisotopic (exact) mass is 642 g/mol. The number of alkyl halides is 2. The summed E-state index contributed by atoms with van der Waals surface area (Å²) in [5, 5.41) is 4.59. The lowest BCUT2D eigenvalue weighted by Crippen LogP contribution is -2.26. The minimum Gasteiger partial charge on any atom is -0.453 e. The molecule has 5 aromatic rings. The zero-order chi connectivity index (χ0) is 31.2. The largest absolute Gasteiger partial charge is 0.453 e. The van der Waals surface area contributed by atoms with Gasteiger partial charge in [-0.25, -0.2) is 23.1 Å². The molecule has 0 atom stereocenters. The summed E-state index contributed by atoms with van der Waals surface area (Å²) in [6, 6.07) is 7.47. The van der Waals surface area contributed by atoms with Gasteiger partial charge in [-0.1, -0.05) is 31.2 Å². The Morgan fingerprint density at radius 3 is 2.50 bits per heavy atom. The zero-order valence-corrected chi connectivity index (χ0v) is 26.8. The lowest BCUT2D eigenvalue weighted by atomic mass is 9.92. The molecule has 0 bridgehead atoms. The van der Waals surface area contributed by atoms with Crippen molar-refractivity contribution in [1.29, 1.82) is 0 Å². The van der Waals surface area contributed by atoms with Crippen molar-refractivity contribution in [2.75, 3.05) is 6.61 Å². The molecule has 0 unspecified atom stereocenters. The Kier molecular flexibility index (Phi) is 8.18. The molecule has 1 aliphatic carbocycles. The van der Waals surface area contributed by atoms with Gasteiger partial charge in [-0.3, -0.25) is 9.67 Å². The number of nitrogens with zero attached hydrogens (tertiary/aromatic N) is 6. The SMILES string of the molecule is Cc1nc2ccc(Oc3ccc4ncc(-c5cnn(C6CCC(F)(F)CC6)c5)nc4c3Cl)c(F)c2n1COCC[Si](C)(C)C. The Balaban J connectivity index is 1.25. The Morgan fingerprint density at radius 1 is 1.02 bits per heavy atom. The van der Waals surface area contributed by atoms with E-state index < -0.39 is 19.8 Å². The lowest BCUT2D eigenvalue weighted by molar-refractivity contribution is -0.0449. The minimum atomic E-state index is -2.61. The highest BCUT2D eigenvalue weighted by Gasteiger charge is 2.35. The summed E-state index contributed by atoms with van der Waals surface area (Å²) in [6.07, 6.45) is 5.46. The van der Waals surface area contributed by atoms with E-state index in [0.717, 1.165) is 6.04 Å². The van der Waals surface area contributed by atoms with Gasteiger partial charge >= 0.3 is 0 Å². The number of hydrogen-bond acceptors (Lipinski definition) is 6. The van der Waals surface area contributed by atoms with Gasteiger partial charge in [-0.2, -0.15) is 5.10 Å². The van der Waals surface area contributed by atoms with E-state index in [9.17, 15) is 8.78 Å². The van der Waals surface area contributed by atoms with E-state index >= 15 is 4.39 Å². The molecule has 1 saturated carbocycles. The van der Waals surface area contributed by atoms with E-state index in [2.05, 4.69) is 34.7 Å². The molecule has 44 heavy (non-hydrogen) atoms. The number of aromatic nitrogens is 6. The fourth-order valence-corrected chi connectivity index (χ4v) is 6.37. The second kappa shape index (κ2) is 11.8. The van der Waals surface area contributed by atoms with Crippen LogP contribution in [0.4, 0.5) is 13.2 Å². The number of aryl methyl sites for hydroxylation is 1. The maximum absolute atomic E-state index is 15.9. The van der Waals surface area contributed by atoms with Gasteiger partial charge in [0.1, 0.15) is 34.4 Å². The fourth-order valence-electron chi connectivity index (χ4n) is 5.37. The van der Waals surface area contributed by atoms with Crippen molar-refractivity contribution in [2.24, 2.45) is 0 Å². The fraction of sp³-hybridized carbons (Fsp3) is 0.419. The van der Waals surface area contributed by atoms with Crippen LogP contribution in [-0.4, -0.2) is 49.9 Å². The molecule has 0 spiro atoms. The molecule has 0 amide bonds.